The second-order valence-electron chi connectivity index (χ2n) is 7.71. The highest BCUT2D eigenvalue weighted by atomic mass is 16.5. The SMILES string of the molecule is [C-]#[N+]c1ccc(OC(=O)c2ccc(-c3ccc(OCCCCCCCC)cc3)cc2)cc1. The molecule has 0 amide bonds. The van der Waals surface area contributed by atoms with E-state index in [2.05, 4.69) is 11.8 Å². The van der Waals surface area contributed by atoms with E-state index in [1.165, 1.54) is 32.1 Å². The number of hydrogen-bond donors (Lipinski definition) is 0. The molecule has 0 aliphatic carbocycles. The van der Waals surface area contributed by atoms with Crippen molar-refractivity contribution in [2.24, 2.45) is 0 Å². The molecular formula is C28H29NO3. The van der Waals surface area contributed by atoms with Crippen molar-refractivity contribution in [2.75, 3.05) is 6.61 Å². The predicted molar refractivity (Wildman–Crippen MR) is 128 cm³/mol. The van der Waals surface area contributed by atoms with Crippen LogP contribution in [-0.2, 0) is 0 Å². The van der Waals surface area contributed by atoms with Crippen LogP contribution in [0.1, 0.15) is 55.8 Å². The van der Waals surface area contributed by atoms with Gasteiger partial charge in [-0.2, -0.15) is 0 Å². The summed E-state index contributed by atoms with van der Waals surface area (Å²) in [4.78, 5) is 15.7. The Hall–Kier alpha value is -3.58. The molecule has 0 unspecified atom stereocenters. The summed E-state index contributed by atoms with van der Waals surface area (Å²) in [6.45, 7) is 9.95. The smallest absolute Gasteiger partial charge is 0.343 e. The number of esters is 1. The molecule has 32 heavy (non-hydrogen) atoms. The molecule has 4 nitrogen and oxygen atoms in total. The average Bonchev–Trinajstić information content (AvgIpc) is 2.84. The van der Waals surface area contributed by atoms with Crippen LogP contribution in [0, 0.1) is 6.57 Å². The molecule has 0 atom stereocenters. The zero-order valence-corrected chi connectivity index (χ0v) is 18.5. The third kappa shape index (κ3) is 6.99. The first-order valence-corrected chi connectivity index (χ1v) is 11.2. The Labute approximate surface area is 190 Å². The number of carbonyl (C=O) groups is 1. The van der Waals surface area contributed by atoms with Gasteiger partial charge in [-0.05, 0) is 53.9 Å². The van der Waals surface area contributed by atoms with Crippen LogP contribution in [-0.4, -0.2) is 12.6 Å². The van der Waals surface area contributed by atoms with Gasteiger partial charge in [0.05, 0.1) is 18.7 Å². The van der Waals surface area contributed by atoms with Gasteiger partial charge in [-0.3, -0.25) is 0 Å². The van der Waals surface area contributed by atoms with Crippen LogP contribution in [0.25, 0.3) is 16.0 Å². The number of unbranched alkanes of at least 4 members (excludes halogenated alkanes) is 5. The number of carbonyl (C=O) groups excluding carboxylic acids is 1. The van der Waals surface area contributed by atoms with E-state index in [4.69, 9.17) is 16.0 Å². The standard InChI is InChI=1S/C28H29NO3/c1-3-4-5-6-7-8-21-31-26-17-13-23(14-18-26)22-9-11-24(12-10-22)28(30)32-27-19-15-25(29-2)16-20-27/h9-20H,3-8,21H2,1H3. The number of rotatable bonds is 11. The number of ether oxygens (including phenoxy) is 2. The van der Waals surface area contributed by atoms with Gasteiger partial charge in [0.15, 0.2) is 5.69 Å². The third-order valence-electron chi connectivity index (χ3n) is 5.25. The molecule has 0 aromatic heterocycles. The Kier molecular flexibility index (Phi) is 8.89. The lowest BCUT2D eigenvalue weighted by Gasteiger charge is -2.08. The molecule has 0 saturated heterocycles. The van der Waals surface area contributed by atoms with E-state index in [1.54, 1.807) is 36.4 Å². The Morgan fingerprint density at radius 3 is 1.94 bits per heavy atom. The quantitative estimate of drug-likeness (QED) is 0.135. The maximum absolute atomic E-state index is 12.4. The first-order valence-electron chi connectivity index (χ1n) is 11.2. The molecule has 3 rings (SSSR count). The Morgan fingerprint density at radius 2 is 1.31 bits per heavy atom. The van der Waals surface area contributed by atoms with Crippen LogP contribution >= 0.6 is 0 Å². The lowest BCUT2D eigenvalue weighted by Crippen LogP contribution is -2.08. The van der Waals surface area contributed by atoms with E-state index < -0.39 is 5.97 Å². The van der Waals surface area contributed by atoms with Crippen molar-refractivity contribution in [3.63, 3.8) is 0 Å². The molecule has 0 saturated carbocycles. The average molecular weight is 428 g/mol. The lowest BCUT2D eigenvalue weighted by molar-refractivity contribution is 0.0735. The summed E-state index contributed by atoms with van der Waals surface area (Å²) >= 11 is 0. The molecule has 0 N–H and O–H groups in total. The van der Waals surface area contributed by atoms with Gasteiger partial charge in [0.1, 0.15) is 11.5 Å². The molecule has 0 heterocycles. The van der Waals surface area contributed by atoms with Gasteiger partial charge in [-0.25, -0.2) is 9.64 Å². The van der Waals surface area contributed by atoms with Crippen molar-refractivity contribution in [1.29, 1.82) is 0 Å². The maximum Gasteiger partial charge on any atom is 0.343 e. The first kappa shape index (κ1) is 23.1. The fourth-order valence-electron chi connectivity index (χ4n) is 3.37. The van der Waals surface area contributed by atoms with E-state index in [-0.39, 0.29) is 0 Å². The molecule has 0 spiro atoms. The number of benzene rings is 3. The second kappa shape index (κ2) is 12.3. The van der Waals surface area contributed by atoms with Crippen molar-refractivity contribution in [2.45, 2.75) is 45.4 Å². The summed E-state index contributed by atoms with van der Waals surface area (Å²) in [7, 11) is 0. The van der Waals surface area contributed by atoms with Crippen molar-refractivity contribution in [3.8, 4) is 22.6 Å². The van der Waals surface area contributed by atoms with Crippen molar-refractivity contribution >= 4 is 11.7 Å². The van der Waals surface area contributed by atoms with Gasteiger partial charge in [0.25, 0.3) is 0 Å². The van der Waals surface area contributed by atoms with Gasteiger partial charge < -0.3 is 9.47 Å². The van der Waals surface area contributed by atoms with Crippen molar-refractivity contribution in [1.82, 2.24) is 0 Å². The summed E-state index contributed by atoms with van der Waals surface area (Å²) in [5.41, 5.74) is 3.06. The van der Waals surface area contributed by atoms with Crippen LogP contribution in [0.5, 0.6) is 11.5 Å². The molecule has 4 heteroatoms. The highest BCUT2D eigenvalue weighted by molar-refractivity contribution is 5.91. The molecule has 0 bridgehead atoms. The van der Waals surface area contributed by atoms with Crippen LogP contribution in [0.15, 0.2) is 72.8 Å². The Balaban J connectivity index is 1.49. The van der Waals surface area contributed by atoms with Gasteiger partial charge in [0, 0.05) is 0 Å². The zero-order valence-electron chi connectivity index (χ0n) is 18.5. The Bertz CT molecular complexity index is 1020. The minimum Gasteiger partial charge on any atom is -0.494 e. The van der Waals surface area contributed by atoms with Crippen molar-refractivity contribution in [3.05, 3.63) is 89.8 Å². The first-order chi connectivity index (χ1) is 15.7. The minimum absolute atomic E-state index is 0.419. The molecule has 0 aliphatic rings. The molecular weight excluding hydrogens is 398 g/mol. The lowest BCUT2D eigenvalue weighted by atomic mass is 10.0. The predicted octanol–water partition coefficient (Wildman–Crippen LogP) is 7.86. The third-order valence-corrected chi connectivity index (χ3v) is 5.25. The van der Waals surface area contributed by atoms with Crippen LogP contribution in [0.2, 0.25) is 0 Å². The molecule has 3 aromatic carbocycles. The van der Waals surface area contributed by atoms with E-state index in [0.29, 0.717) is 17.0 Å². The summed E-state index contributed by atoms with van der Waals surface area (Å²) in [6, 6.07) is 21.9. The Morgan fingerprint density at radius 1 is 0.750 bits per heavy atom. The molecule has 0 radical (unpaired) electrons. The summed E-state index contributed by atoms with van der Waals surface area (Å²) in [6.07, 6.45) is 7.51. The summed E-state index contributed by atoms with van der Waals surface area (Å²) in [5.74, 6) is 0.875. The van der Waals surface area contributed by atoms with Crippen molar-refractivity contribution < 1.29 is 14.3 Å². The maximum atomic E-state index is 12.4. The van der Waals surface area contributed by atoms with E-state index in [1.807, 2.05) is 36.4 Å². The van der Waals surface area contributed by atoms with Gasteiger partial charge in [-0.15, -0.1) is 0 Å². The highest BCUT2D eigenvalue weighted by Crippen LogP contribution is 2.24. The van der Waals surface area contributed by atoms with Gasteiger partial charge >= 0.3 is 5.97 Å². The highest BCUT2D eigenvalue weighted by Gasteiger charge is 2.09. The van der Waals surface area contributed by atoms with E-state index >= 15 is 0 Å². The number of nitrogens with zero attached hydrogens (tertiary/aromatic N) is 1. The fraction of sp³-hybridized carbons (Fsp3) is 0.286. The van der Waals surface area contributed by atoms with E-state index in [9.17, 15) is 4.79 Å². The zero-order chi connectivity index (χ0) is 22.6. The molecule has 0 aliphatic heterocycles. The molecule has 3 aromatic rings. The minimum atomic E-state index is -0.425. The topological polar surface area (TPSA) is 39.9 Å². The van der Waals surface area contributed by atoms with E-state index in [0.717, 1.165) is 29.9 Å². The summed E-state index contributed by atoms with van der Waals surface area (Å²) < 4.78 is 11.2. The van der Waals surface area contributed by atoms with Crippen LogP contribution in [0.3, 0.4) is 0 Å². The largest absolute Gasteiger partial charge is 0.494 e. The van der Waals surface area contributed by atoms with Crippen LogP contribution in [0.4, 0.5) is 5.69 Å². The fourth-order valence-corrected chi connectivity index (χ4v) is 3.37. The van der Waals surface area contributed by atoms with Gasteiger partial charge in [0.2, 0.25) is 0 Å². The number of hydrogen-bond acceptors (Lipinski definition) is 3. The normalized spacial score (nSPS) is 10.4. The monoisotopic (exact) mass is 427 g/mol. The van der Waals surface area contributed by atoms with Crippen LogP contribution < -0.4 is 9.47 Å². The second-order valence-corrected chi connectivity index (χ2v) is 7.71. The van der Waals surface area contributed by atoms with Gasteiger partial charge in [-0.1, -0.05) is 75.4 Å². The molecule has 164 valence electrons. The summed E-state index contributed by atoms with van der Waals surface area (Å²) in [5, 5.41) is 0. The molecule has 0 fully saturated rings.